The highest BCUT2D eigenvalue weighted by molar-refractivity contribution is 5.37. The molecule has 2 unspecified atom stereocenters. The highest BCUT2D eigenvalue weighted by Gasteiger charge is 2.24. The predicted molar refractivity (Wildman–Crippen MR) is 71.4 cm³/mol. The van der Waals surface area contributed by atoms with Crippen LogP contribution in [0.4, 0.5) is 0 Å². The fourth-order valence-corrected chi connectivity index (χ4v) is 2.61. The van der Waals surface area contributed by atoms with Gasteiger partial charge in [0.15, 0.2) is 0 Å². The lowest BCUT2D eigenvalue weighted by molar-refractivity contribution is 0.00117. The Morgan fingerprint density at radius 3 is 2.53 bits per heavy atom. The number of hydrogen-bond acceptors (Lipinski definition) is 2. The molecule has 94 valence electrons. The molecule has 2 atom stereocenters. The molecule has 1 aromatic carbocycles. The van der Waals surface area contributed by atoms with E-state index < -0.39 is 0 Å². The molecule has 17 heavy (non-hydrogen) atoms. The smallest absolute Gasteiger partial charge is 0.0842 e. The average molecular weight is 233 g/mol. The molecule has 1 fully saturated rings. The molecule has 0 amide bonds. The summed E-state index contributed by atoms with van der Waals surface area (Å²) < 4.78 is 5.93. The summed E-state index contributed by atoms with van der Waals surface area (Å²) in [6.45, 7) is 7.40. The Labute approximate surface area is 104 Å². The third-order valence-electron chi connectivity index (χ3n) is 3.92. The first-order valence-corrected chi connectivity index (χ1v) is 6.48. The minimum atomic E-state index is 0.264. The fraction of sp³-hybridized carbons (Fsp3) is 0.600. The van der Waals surface area contributed by atoms with Gasteiger partial charge in [0.25, 0.3) is 0 Å². The largest absolute Gasteiger partial charge is 0.373 e. The lowest BCUT2D eigenvalue weighted by Crippen LogP contribution is -2.33. The van der Waals surface area contributed by atoms with Gasteiger partial charge in [0.1, 0.15) is 0 Å². The summed E-state index contributed by atoms with van der Waals surface area (Å²) in [4.78, 5) is 0. The van der Waals surface area contributed by atoms with Crippen molar-refractivity contribution in [3.63, 3.8) is 0 Å². The average Bonchev–Trinajstić information content (AvgIpc) is 2.34. The van der Waals surface area contributed by atoms with Crippen LogP contribution < -0.4 is 5.32 Å². The van der Waals surface area contributed by atoms with Crippen LogP contribution in [-0.4, -0.2) is 19.7 Å². The molecular formula is C15H23NO. The molecule has 0 aliphatic carbocycles. The van der Waals surface area contributed by atoms with E-state index in [-0.39, 0.29) is 6.10 Å². The van der Waals surface area contributed by atoms with E-state index in [4.69, 9.17) is 4.74 Å². The molecule has 2 rings (SSSR count). The minimum Gasteiger partial charge on any atom is -0.373 e. The Balaban J connectivity index is 2.24. The molecule has 1 aromatic rings. The highest BCUT2D eigenvalue weighted by atomic mass is 16.5. The van der Waals surface area contributed by atoms with E-state index in [1.807, 2.05) is 7.05 Å². The Kier molecular flexibility index (Phi) is 3.85. The van der Waals surface area contributed by atoms with Gasteiger partial charge in [0.05, 0.1) is 6.10 Å². The summed E-state index contributed by atoms with van der Waals surface area (Å²) >= 11 is 0. The van der Waals surface area contributed by atoms with Gasteiger partial charge in [-0.1, -0.05) is 12.1 Å². The van der Waals surface area contributed by atoms with Crippen LogP contribution in [0.15, 0.2) is 12.1 Å². The standard InChI is InChI=1S/C15H23NO/c1-10-7-12(3)14(8-11(10)2)15-9-13(16-4)5-6-17-15/h7-8,13,15-16H,5-6,9H2,1-4H3. The Morgan fingerprint density at radius 2 is 1.82 bits per heavy atom. The van der Waals surface area contributed by atoms with Crippen molar-refractivity contribution in [3.05, 3.63) is 34.4 Å². The van der Waals surface area contributed by atoms with Crippen LogP contribution in [0.2, 0.25) is 0 Å². The van der Waals surface area contributed by atoms with E-state index in [9.17, 15) is 0 Å². The van der Waals surface area contributed by atoms with Crippen molar-refractivity contribution in [2.75, 3.05) is 13.7 Å². The van der Waals surface area contributed by atoms with Gasteiger partial charge in [-0.2, -0.15) is 0 Å². The van der Waals surface area contributed by atoms with Crippen molar-refractivity contribution in [2.45, 2.75) is 45.8 Å². The molecular weight excluding hydrogens is 210 g/mol. The normalized spacial score (nSPS) is 24.9. The van der Waals surface area contributed by atoms with E-state index in [1.165, 1.54) is 22.3 Å². The zero-order chi connectivity index (χ0) is 12.4. The summed E-state index contributed by atoms with van der Waals surface area (Å²) in [5.74, 6) is 0. The maximum absolute atomic E-state index is 5.93. The van der Waals surface area contributed by atoms with Gasteiger partial charge in [-0.15, -0.1) is 0 Å². The van der Waals surface area contributed by atoms with E-state index in [0.717, 1.165) is 19.4 Å². The molecule has 0 aromatic heterocycles. The van der Waals surface area contributed by atoms with Gasteiger partial charge < -0.3 is 10.1 Å². The second kappa shape index (κ2) is 5.19. The maximum atomic E-state index is 5.93. The van der Waals surface area contributed by atoms with E-state index in [0.29, 0.717) is 6.04 Å². The molecule has 0 radical (unpaired) electrons. The van der Waals surface area contributed by atoms with Gasteiger partial charge in [-0.3, -0.25) is 0 Å². The van der Waals surface area contributed by atoms with Crippen LogP contribution in [0.25, 0.3) is 0 Å². The predicted octanol–water partition coefficient (Wildman–Crippen LogP) is 3.05. The van der Waals surface area contributed by atoms with Crippen LogP contribution in [-0.2, 0) is 4.74 Å². The molecule has 1 N–H and O–H groups in total. The Bertz CT molecular complexity index is 400. The topological polar surface area (TPSA) is 21.3 Å². The summed E-state index contributed by atoms with van der Waals surface area (Å²) in [5.41, 5.74) is 5.45. The number of benzene rings is 1. The summed E-state index contributed by atoms with van der Waals surface area (Å²) in [6.07, 6.45) is 2.47. The number of nitrogens with one attached hydrogen (secondary N) is 1. The molecule has 2 nitrogen and oxygen atoms in total. The second-order valence-electron chi connectivity index (χ2n) is 5.16. The van der Waals surface area contributed by atoms with Gasteiger partial charge in [0, 0.05) is 12.6 Å². The zero-order valence-corrected chi connectivity index (χ0v) is 11.3. The third kappa shape index (κ3) is 2.70. The van der Waals surface area contributed by atoms with E-state index in [1.54, 1.807) is 0 Å². The van der Waals surface area contributed by atoms with E-state index >= 15 is 0 Å². The lowest BCUT2D eigenvalue weighted by Gasteiger charge is -2.30. The Hall–Kier alpha value is -0.860. The van der Waals surface area contributed by atoms with Crippen LogP contribution in [0.1, 0.15) is 41.2 Å². The van der Waals surface area contributed by atoms with Crippen LogP contribution in [0.3, 0.4) is 0 Å². The van der Waals surface area contributed by atoms with Gasteiger partial charge >= 0.3 is 0 Å². The molecule has 2 heteroatoms. The quantitative estimate of drug-likeness (QED) is 0.847. The fourth-order valence-electron chi connectivity index (χ4n) is 2.61. The van der Waals surface area contributed by atoms with Gasteiger partial charge in [0.2, 0.25) is 0 Å². The SMILES string of the molecule is CNC1CCOC(c2cc(C)c(C)cc2C)C1. The molecule has 0 saturated carbocycles. The lowest BCUT2D eigenvalue weighted by atomic mass is 9.92. The molecule has 1 saturated heterocycles. The van der Waals surface area contributed by atoms with Crippen molar-refractivity contribution < 1.29 is 4.74 Å². The van der Waals surface area contributed by atoms with Crippen molar-refractivity contribution in [2.24, 2.45) is 0 Å². The zero-order valence-electron chi connectivity index (χ0n) is 11.3. The summed E-state index contributed by atoms with van der Waals surface area (Å²) in [5, 5.41) is 3.37. The first-order valence-electron chi connectivity index (χ1n) is 6.48. The van der Waals surface area contributed by atoms with Crippen LogP contribution >= 0.6 is 0 Å². The molecule has 1 aliphatic heterocycles. The number of aryl methyl sites for hydroxylation is 3. The van der Waals surface area contributed by atoms with Crippen molar-refractivity contribution in [1.29, 1.82) is 0 Å². The van der Waals surface area contributed by atoms with Crippen LogP contribution in [0.5, 0.6) is 0 Å². The van der Waals surface area contributed by atoms with Gasteiger partial charge in [-0.05, 0) is 62.9 Å². The highest BCUT2D eigenvalue weighted by Crippen LogP contribution is 2.31. The summed E-state index contributed by atoms with van der Waals surface area (Å²) in [7, 11) is 2.04. The van der Waals surface area contributed by atoms with Crippen molar-refractivity contribution in [3.8, 4) is 0 Å². The monoisotopic (exact) mass is 233 g/mol. The summed E-state index contributed by atoms with van der Waals surface area (Å²) in [6, 6.07) is 5.17. The first-order chi connectivity index (χ1) is 8.11. The third-order valence-corrected chi connectivity index (χ3v) is 3.92. The maximum Gasteiger partial charge on any atom is 0.0842 e. The molecule has 1 aliphatic rings. The van der Waals surface area contributed by atoms with Crippen molar-refractivity contribution in [1.82, 2.24) is 5.32 Å². The number of rotatable bonds is 2. The molecule has 1 heterocycles. The minimum absolute atomic E-state index is 0.264. The number of hydrogen-bond donors (Lipinski definition) is 1. The molecule has 0 spiro atoms. The molecule has 0 bridgehead atoms. The Morgan fingerprint density at radius 1 is 1.12 bits per heavy atom. The van der Waals surface area contributed by atoms with Gasteiger partial charge in [-0.25, -0.2) is 0 Å². The van der Waals surface area contributed by atoms with Crippen molar-refractivity contribution >= 4 is 0 Å². The number of ether oxygens (including phenoxy) is 1. The van der Waals surface area contributed by atoms with E-state index in [2.05, 4.69) is 38.2 Å². The first kappa shape index (κ1) is 12.6. The van der Waals surface area contributed by atoms with Crippen LogP contribution in [0, 0.1) is 20.8 Å². The second-order valence-corrected chi connectivity index (χ2v) is 5.16.